The van der Waals surface area contributed by atoms with Gasteiger partial charge in [0.2, 0.25) is 11.2 Å². The van der Waals surface area contributed by atoms with Crippen molar-refractivity contribution in [2.45, 2.75) is 46.3 Å². The van der Waals surface area contributed by atoms with Crippen LogP contribution in [0.1, 0.15) is 52.6 Å². The van der Waals surface area contributed by atoms with Crippen LogP contribution in [0.25, 0.3) is 11.0 Å². The minimum Gasteiger partial charge on any atom is -0.497 e. The molecule has 1 aromatic heterocycles. The summed E-state index contributed by atoms with van der Waals surface area (Å²) in [6, 6.07) is 13.7. The van der Waals surface area contributed by atoms with Gasteiger partial charge in [-0.25, -0.2) is 4.79 Å². The van der Waals surface area contributed by atoms with E-state index < -0.39 is 29.1 Å². The van der Waals surface area contributed by atoms with E-state index in [1.807, 2.05) is 11.8 Å². The Balaban J connectivity index is 1.63. The highest BCUT2D eigenvalue weighted by molar-refractivity contribution is 5.92. The van der Waals surface area contributed by atoms with E-state index in [2.05, 4.69) is 6.92 Å². The number of carbonyl (C=O) groups excluding carboxylic acids is 1. The van der Waals surface area contributed by atoms with Gasteiger partial charge in [0.1, 0.15) is 22.8 Å². The van der Waals surface area contributed by atoms with Gasteiger partial charge in [-0.2, -0.15) is 13.2 Å². The molecule has 0 bridgehead atoms. The van der Waals surface area contributed by atoms with Crippen LogP contribution >= 0.6 is 0 Å². The summed E-state index contributed by atoms with van der Waals surface area (Å²) in [7, 11) is 1.50. The van der Waals surface area contributed by atoms with Gasteiger partial charge in [0.25, 0.3) is 5.76 Å². The number of fused-ring (bicyclic) bond motifs is 1. The molecule has 1 aliphatic rings. The monoisotopic (exact) mass is 595 g/mol. The van der Waals surface area contributed by atoms with Crippen molar-refractivity contribution in [3.8, 4) is 23.0 Å². The number of hydrogen-bond donors (Lipinski definition) is 0. The Bertz CT molecular complexity index is 1700. The van der Waals surface area contributed by atoms with E-state index in [4.69, 9.17) is 18.6 Å². The molecule has 0 spiro atoms. The average Bonchev–Trinajstić information content (AvgIpc) is 2.98. The smallest absolute Gasteiger partial charge is 0.453 e. The van der Waals surface area contributed by atoms with E-state index in [0.29, 0.717) is 24.8 Å². The largest absolute Gasteiger partial charge is 0.497 e. The molecule has 7 nitrogen and oxygen atoms in total. The molecule has 43 heavy (non-hydrogen) atoms. The number of likely N-dealkylation sites (tertiary alicyclic amines) is 1. The van der Waals surface area contributed by atoms with Crippen LogP contribution in [-0.2, 0) is 12.7 Å². The quantitative estimate of drug-likeness (QED) is 0.160. The highest BCUT2D eigenvalue weighted by Gasteiger charge is 2.41. The number of nitrogens with zero attached hydrogens (tertiary/aromatic N) is 1. The summed E-state index contributed by atoms with van der Waals surface area (Å²) >= 11 is 0. The fraction of sp³-hybridized carbons (Fsp3) is 0.333. The van der Waals surface area contributed by atoms with E-state index in [9.17, 15) is 22.8 Å². The van der Waals surface area contributed by atoms with Crippen LogP contribution in [0.2, 0.25) is 0 Å². The minimum absolute atomic E-state index is 0.00559. The van der Waals surface area contributed by atoms with Crippen LogP contribution in [0, 0.1) is 19.8 Å². The van der Waals surface area contributed by atoms with Crippen LogP contribution in [0.15, 0.2) is 63.8 Å². The third kappa shape index (κ3) is 6.54. The lowest BCUT2D eigenvalue weighted by Crippen LogP contribution is -2.32. The number of aryl methyl sites for hydroxylation is 2. The Kier molecular flexibility index (Phi) is 8.50. The number of rotatable bonds is 7. The molecule has 4 aromatic rings. The Hall–Kier alpha value is -4.31. The van der Waals surface area contributed by atoms with Gasteiger partial charge >= 0.3 is 12.1 Å². The molecular formula is C33H32F3NO6. The van der Waals surface area contributed by atoms with Gasteiger partial charge < -0.3 is 18.6 Å². The highest BCUT2D eigenvalue weighted by atomic mass is 19.4. The van der Waals surface area contributed by atoms with Crippen LogP contribution in [-0.4, -0.2) is 31.1 Å². The lowest BCUT2D eigenvalue weighted by atomic mass is 9.98. The maximum absolute atomic E-state index is 14.4. The van der Waals surface area contributed by atoms with Gasteiger partial charge in [0, 0.05) is 6.54 Å². The lowest BCUT2D eigenvalue weighted by molar-refractivity contribution is -0.154. The van der Waals surface area contributed by atoms with Gasteiger partial charge in [-0.05, 0) is 105 Å². The second kappa shape index (κ2) is 12.1. The zero-order valence-corrected chi connectivity index (χ0v) is 24.3. The van der Waals surface area contributed by atoms with Crippen molar-refractivity contribution >= 4 is 16.9 Å². The van der Waals surface area contributed by atoms with Gasteiger partial charge in [0.05, 0.1) is 23.6 Å². The Morgan fingerprint density at radius 1 is 0.977 bits per heavy atom. The SMILES string of the molecule is COc1ccc(C(=O)Oc2ccc3c(=O)c(Oc4ccc(C)c(C)c4)c(C(F)(F)F)oc3c2CN2CCC(C)CC2)cc1. The third-order valence-corrected chi connectivity index (χ3v) is 7.82. The van der Waals surface area contributed by atoms with Gasteiger partial charge in [-0.3, -0.25) is 9.69 Å². The zero-order valence-electron chi connectivity index (χ0n) is 24.3. The highest BCUT2D eigenvalue weighted by Crippen LogP contribution is 2.41. The fourth-order valence-electron chi connectivity index (χ4n) is 5.03. The molecule has 1 fully saturated rings. The third-order valence-electron chi connectivity index (χ3n) is 7.82. The van der Waals surface area contributed by atoms with Crippen LogP contribution in [0.3, 0.4) is 0 Å². The first kappa shape index (κ1) is 30.2. The molecule has 5 rings (SSSR count). The second-order valence-corrected chi connectivity index (χ2v) is 10.9. The molecule has 0 saturated carbocycles. The maximum Gasteiger partial charge on any atom is 0.453 e. The number of alkyl halides is 3. The predicted octanol–water partition coefficient (Wildman–Crippen LogP) is 7.68. The fourth-order valence-corrected chi connectivity index (χ4v) is 5.03. The normalized spacial score (nSPS) is 14.6. The van der Waals surface area contributed by atoms with E-state index in [-0.39, 0.29) is 40.1 Å². The predicted molar refractivity (Wildman–Crippen MR) is 155 cm³/mol. The number of methoxy groups -OCH3 is 1. The molecule has 10 heteroatoms. The van der Waals surface area contributed by atoms with Gasteiger partial charge in [0.15, 0.2) is 0 Å². The molecule has 1 aliphatic heterocycles. The van der Waals surface area contributed by atoms with Crippen LogP contribution in [0.4, 0.5) is 13.2 Å². The summed E-state index contributed by atoms with van der Waals surface area (Å²) < 4.78 is 65.2. The van der Waals surface area contributed by atoms with Gasteiger partial charge in [-0.1, -0.05) is 13.0 Å². The first-order chi connectivity index (χ1) is 20.4. The first-order valence-corrected chi connectivity index (χ1v) is 14.0. The number of benzene rings is 3. The number of esters is 1. The Labute approximate surface area is 246 Å². The summed E-state index contributed by atoms with van der Waals surface area (Å²) in [5.74, 6) is -2.10. The lowest BCUT2D eigenvalue weighted by Gasteiger charge is -2.30. The van der Waals surface area contributed by atoms with E-state index in [1.54, 1.807) is 31.2 Å². The summed E-state index contributed by atoms with van der Waals surface area (Å²) in [4.78, 5) is 28.8. The van der Waals surface area contributed by atoms with E-state index in [1.165, 1.54) is 37.4 Å². The topological polar surface area (TPSA) is 78.2 Å². The first-order valence-electron chi connectivity index (χ1n) is 14.0. The number of carbonyl (C=O) groups is 1. The van der Waals surface area contributed by atoms with Crippen molar-refractivity contribution in [2.24, 2.45) is 5.92 Å². The van der Waals surface area contributed by atoms with Crippen molar-refractivity contribution < 1.29 is 36.6 Å². The molecule has 0 amide bonds. The van der Waals surface area contributed by atoms with Crippen molar-refractivity contribution in [1.82, 2.24) is 4.90 Å². The van der Waals surface area contributed by atoms with E-state index in [0.717, 1.165) is 24.0 Å². The standard InChI is InChI=1S/C33H32F3NO6/c1-19-13-15-37(16-14-19)18-26-27(42-32(39)22-6-9-23(40-4)10-7-22)12-11-25-28(38)30(31(33(34,35)36)43-29(25)26)41-24-8-5-20(2)21(3)17-24/h5-12,17,19H,13-16,18H2,1-4H3. The number of halogens is 3. The molecular weight excluding hydrogens is 563 g/mol. The molecule has 3 aromatic carbocycles. The number of piperidine rings is 1. The zero-order chi connectivity index (χ0) is 30.9. The van der Waals surface area contributed by atoms with E-state index >= 15 is 0 Å². The molecule has 2 heterocycles. The van der Waals surface area contributed by atoms with Crippen molar-refractivity contribution in [1.29, 1.82) is 0 Å². The summed E-state index contributed by atoms with van der Waals surface area (Å²) in [5, 5.41) is -0.114. The molecule has 0 unspecified atom stereocenters. The molecule has 1 saturated heterocycles. The van der Waals surface area contributed by atoms with Crippen molar-refractivity contribution in [2.75, 3.05) is 20.2 Å². The molecule has 0 N–H and O–H groups in total. The second-order valence-electron chi connectivity index (χ2n) is 10.9. The van der Waals surface area contributed by atoms with Crippen LogP contribution < -0.4 is 19.6 Å². The summed E-state index contributed by atoms with van der Waals surface area (Å²) in [5.41, 5.74) is 0.819. The molecule has 0 aliphatic carbocycles. The maximum atomic E-state index is 14.4. The Morgan fingerprint density at radius 3 is 2.28 bits per heavy atom. The Morgan fingerprint density at radius 2 is 1.65 bits per heavy atom. The van der Waals surface area contributed by atoms with Crippen LogP contribution in [0.5, 0.6) is 23.0 Å². The summed E-state index contributed by atoms with van der Waals surface area (Å²) in [6.07, 6.45) is -3.25. The molecule has 226 valence electrons. The van der Waals surface area contributed by atoms with Gasteiger partial charge in [-0.15, -0.1) is 0 Å². The number of ether oxygens (including phenoxy) is 3. The molecule has 0 radical (unpaired) electrons. The van der Waals surface area contributed by atoms with Crippen molar-refractivity contribution in [3.05, 3.63) is 92.8 Å². The molecule has 0 atom stereocenters. The summed E-state index contributed by atoms with van der Waals surface area (Å²) in [6.45, 7) is 7.28. The minimum atomic E-state index is -5.05. The van der Waals surface area contributed by atoms with Crippen molar-refractivity contribution in [3.63, 3.8) is 0 Å². The number of hydrogen-bond acceptors (Lipinski definition) is 7. The average molecular weight is 596 g/mol.